The van der Waals surface area contributed by atoms with Crippen LogP contribution in [0.1, 0.15) is 22.3 Å². The molecule has 1 N–H and O–H groups in total. The number of rotatable bonds is 7. The van der Waals surface area contributed by atoms with Crippen molar-refractivity contribution in [2.24, 2.45) is 0 Å². The summed E-state index contributed by atoms with van der Waals surface area (Å²) < 4.78 is 25.3. The first-order valence-corrected chi connectivity index (χ1v) is 9.80. The van der Waals surface area contributed by atoms with Gasteiger partial charge in [0.2, 0.25) is 0 Å². The van der Waals surface area contributed by atoms with Crippen LogP contribution in [0.4, 0.5) is 10.1 Å². The lowest BCUT2D eigenvalue weighted by molar-refractivity contribution is 0.282. The van der Waals surface area contributed by atoms with Gasteiger partial charge in [-0.3, -0.25) is 0 Å². The average Bonchev–Trinajstić information content (AvgIpc) is 2.69. The van der Waals surface area contributed by atoms with Crippen LogP contribution in [0.25, 0.3) is 0 Å². The first kappa shape index (κ1) is 20.2. The molecule has 5 heteroatoms. The topological polar surface area (TPSA) is 30.5 Å². The Hall–Kier alpha value is -2.53. The van der Waals surface area contributed by atoms with Gasteiger partial charge in [0.15, 0.2) is 11.5 Å². The Morgan fingerprint density at radius 3 is 2.36 bits per heavy atom. The van der Waals surface area contributed by atoms with E-state index in [-0.39, 0.29) is 5.82 Å². The maximum absolute atomic E-state index is 13.0. The van der Waals surface area contributed by atoms with Gasteiger partial charge in [-0.2, -0.15) is 0 Å². The maximum atomic E-state index is 13.0. The van der Waals surface area contributed by atoms with Gasteiger partial charge in [0.1, 0.15) is 12.4 Å². The lowest BCUT2D eigenvalue weighted by atomic mass is 10.1. The van der Waals surface area contributed by atoms with E-state index in [1.54, 1.807) is 19.2 Å². The molecule has 0 aromatic heterocycles. The van der Waals surface area contributed by atoms with Gasteiger partial charge in [-0.25, -0.2) is 4.39 Å². The summed E-state index contributed by atoms with van der Waals surface area (Å²) in [6.45, 7) is 5.20. The van der Waals surface area contributed by atoms with Crippen LogP contribution >= 0.6 is 15.9 Å². The zero-order valence-electron chi connectivity index (χ0n) is 16.2. The number of hydrogen-bond donors (Lipinski definition) is 1. The molecule has 0 unspecified atom stereocenters. The van der Waals surface area contributed by atoms with Crippen LogP contribution in [0.15, 0.2) is 59.1 Å². The molecule has 0 amide bonds. The Bertz CT molecular complexity index is 958. The normalized spacial score (nSPS) is 10.6. The van der Waals surface area contributed by atoms with Crippen molar-refractivity contribution < 1.29 is 13.9 Å². The molecular formula is C23H23BrFNO2. The van der Waals surface area contributed by atoms with E-state index in [0.29, 0.717) is 24.7 Å². The molecule has 0 fully saturated rings. The standard InChI is InChI=1S/C23H23BrFNO2/c1-15-4-9-20(10-16(15)2)26-13-18-11-21(24)23(22(12-18)27-3)28-14-17-5-7-19(25)8-6-17/h4-12,26H,13-14H2,1-3H3. The van der Waals surface area contributed by atoms with Crippen LogP contribution in [0.3, 0.4) is 0 Å². The van der Waals surface area contributed by atoms with Crippen LogP contribution in [-0.2, 0) is 13.2 Å². The molecule has 3 aromatic rings. The minimum Gasteiger partial charge on any atom is -0.493 e. The van der Waals surface area contributed by atoms with Crippen molar-refractivity contribution in [2.75, 3.05) is 12.4 Å². The molecule has 0 saturated carbocycles. The number of halogens is 2. The molecule has 0 aliphatic rings. The lowest BCUT2D eigenvalue weighted by Crippen LogP contribution is -2.03. The van der Waals surface area contributed by atoms with Crippen molar-refractivity contribution in [3.8, 4) is 11.5 Å². The summed E-state index contributed by atoms with van der Waals surface area (Å²) >= 11 is 3.58. The van der Waals surface area contributed by atoms with E-state index in [9.17, 15) is 4.39 Å². The summed E-state index contributed by atoms with van der Waals surface area (Å²) in [6, 6.07) is 16.6. The van der Waals surface area contributed by atoms with Crippen LogP contribution in [0, 0.1) is 19.7 Å². The highest BCUT2D eigenvalue weighted by molar-refractivity contribution is 9.10. The molecule has 146 valence electrons. The van der Waals surface area contributed by atoms with Crippen LogP contribution in [-0.4, -0.2) is 7.11 Å². The van der Waals surface area contributed by atoms with Crippen molar-refractivity contribution in [3.05, 3.63) is 87.1 Å². The predicted molar refractivity (Wildman–Crippen MR) is 115 cm³/mol. The van der Waals surface area contributed by atoms with Crippen LogP contribution < -0.4 is 14.8 Å². The molecule has 0 heterocycles. The molecule has 3 rings (SSSR count). The molecule has 3 aromatic carbocycles. The van der Waals surface area contributed by atoms with Crippen molar-refractivity contribution in [3.63, 3.8) is 0 Å². The van der Waals surface area contributed by atoms with E-state index in [1.165, 1.54) is 23.3 Å². The van der Waals surface area contributed by atoms with Gasteiger partial charge in [0, 0.05) is 12.2 Å². The van der Waals surface area contributed by atoms with E-state index in [1.807, 2.05) is 12.1 Å². The Morgan fingerprint density at radius 1 is 0.929 bits per heavy atom. The monoisotopic (exact) mass is 443 g/mol. The Balaban J connectivity index is 1.71. The Morgan fingerprint density at radius 2 is 1.68 bits per heavy atom. The third-order valence-electron chi connectivity index (χ3n) is 4.59. The van der Waals surface area contributed by atoms with E-state index in [4.69, 9.17) is 9.47 Å². The first-order valence-electron chi connectivity index (χ1n) is 9.01. The Labute approximate surface area is 173 Å². The average molecular weight is 444 g/mol. The van der Waals surface area contributed by atoms with Gasteiger partial charge in [-0.05, 0) is 88.4 Å². The molecular weight excluding hydrogens is 421 g/mol. The highest BCUT2D eigenvalue weighted by Crippen LogP contribution is 2.37. The lowest BCUT2D eigenvalue weighted by Gasteiger charge is -2.15. The van der Waals surface area contributed by atoms with Gasteiger partial charge in [0.05, 0.1) is 11.6 Å². The van der Waals surface area contributed by atoms with Gasteiger partial charge in [-0.1, -0.05) is 18.2 Å². The second kappa shape index (κ2) is 9.11. The Kier molecular flexibility index (Phi) is 6.57. The third-order valence-corrected chi connectivity index (χ3v) is 5.18. The molecule has 0 bridgehead atoms. The van der Waals surface area contributed by atoms with E-state index < -0.39 is 0 Å². The summed E-state index contributed by atoms with van der Waals surface area (Å²) in [4.78, 5) is 0. The van der Waals surface area contributed by atoms with Gasteiger partial charge in [-0.15, -0.1) is 0 Å². The highest BCUT2D eigenvalue weighted by Gasteiger charge is 2.12. The molecule has 0 aliphatic carbocycles. The molecule has 0 spiro atoms. The second-order valence-electron chi connectivity index (χ2n) is 6.68. The van der Waals surface area contributed by atoms with E-state index in [0.717, 1.165) is 21.3 Å². The molecule has 0 saturated heterocycles. The zero-order chi connectivity index (χ0) is 20.1. The van der Waals surface area contributed by atoms with E-state index in [2.05, 4.69) is 53.3 Å². The number of benzene rings is 3. The summed E-state index contributed by atoms with van der Waals surface area (Å²) in [5, 5.41) is 3.44. The van der Waals surface area contributed by atoms with Crippen molar-refractivity contribution in [2.45, 2.75) is 27.0 Å². The van der Waals surface area contributed by atoms with Crippen molar-refractivity contribution in [1.82, 2.24) is 0 Å². The van der Waals surface area contributed by atoms with Crippen LogP contribution in [0.5, 0.6) is 11.5 Å². The molecule has 0 atom stereocenters. The summed E-state index contributed by atoms with van der Waals surface area (Å²) in [5.41, 5.74) is 5.56. The molecule has 0 aliphatic heterocycles. The third kappa shape index (κ3) is 5.04. The second-order valence-corrected chi connectivity index (χ2v) is 7.53. The number of methoxy groups -OCH3 is 1. The summed E-state index contributed by atoms with van der Waals surface area (Å²) in [6.07, 6.45) is 0. The van der Waals surface area contributed by atoms with Crippen molar-refractivity contribution in [1.29, 1.82) is 0 Å². The fourth-order valence-corrected chi connectivity index (χ4v) is 3.41. The fourth-order valence-electron chi connectivity index (χ4n) is 2.81. The van der Waals surface area contributed by atoms with Gasteiger partial charge < -0.3 is 14.8 Å². The maximum Gasteiger partial charge on any atom is 0.175 e. The molecule has 0 radical (unpaired) electrons. The summed E-state index contributed by atoms with van der Waals surface area (Å²) in [5.74, 6) is 1.01. The zero-order valence-corrected chi connectivity index (χ0v) is 17.8. The molecule has 3 nitrogen and oxygen atoms in total. The van der Waals surface area contributed by atoms with Crippen LogP contribution in [0.2, 0.25) is 0 Å². The first-order chi connectivity index (χ1) is 13.5. The van der Waals surface area contributed by atoms with Gasteiger partial charge in [0.25, 0.3) is 0 Å². The van der Waals surface area contributed by atoms with Crippen molar-refractivity contribution >= 4 is 21.6 Å². The van der Waals surface area contributed by atoms with Gasteiger partial charge >= 0.3 is 0 Å². The number of nitrogens with one attached hydrogen (secondary N) is 1. The minimum atomic E-state index is -0.261. The highest BCUT2D eigenvalue weighted by atomic mass is 79.9. The molecule has 28 heavy (non-hydrogen) atoms. The van der Waals surface area contributed by atoms with E-state index >= 15 is 0 Å². The smallest absolute Gasteiger partial charge is 0.175 e. The minimum absolute atomic E-state index is 0.261. The number of anilines is 1. The largest absolute Gasteiger partial charge is 0.493 e. The fraction of sp³-hybridized carbons (Fsp3) is 0.217. The quantitative estimate of drug-likeness (QED) is 0.457. The number of hydrogen-bond acceptors (Lipinski definition) is 3. The predicted octanol–water partition coefficient (Wildman–Crippen LogP) is 6.40. The number of ether oxygens (including phenoxy) is 2. The SMILES string of the molecule is COc1cc(CNc2ccc(C)c(C)c2)cc(Br)c1OCc1ccc(F)cc1. The number of aryl methyl sites for hydroxylation is 2. The summed E-state index contributed by atoms with van der Waals surface area (Å²) in [7, 11) is 1.62.